The second-order valence-electron chi connectivity index (χ2n) is 5.45. The SMILES string of the molecule is COC(=O)Cc1ccc(OP(c2ccccc2)c2ccccc2)cc1. The van der Waals surface area contributed by atoms with Gasteiger partial charge in [-0.05, 0) is 17.7 Å². The van der Waals surface area contributed by atoms with Gasteiger partial charge in [0.15, 0.2) is 8.15 Å². The number of esters is 1. The van der Waals surface area contributed by atoms with Crippen molar-refractivity contribution in [1.29, 1.82) is 0 Å². The molecule has 0 heterocycles. The molecule has 0 N–H and O–H groups in total. The molecule has 0 atom stereocenters. The molecule has 3 nitrogen and oxygen atoms in total. The summed E-state index contributed by atoms with van der Waals surface area (Å²) in [7, 11) is 0.447. The van der Waals surface area contributed by atoms with Crippen LogP contribution in [0.2, 0.25) is 0 Å². The first kappa shape index (κ1) is 17.2. The van der Waals surface area contributed by atoms with E-state index in [-0.39, 0.29) is 12.4 Å². The zero-order valence-electron chi connectivity index (χ0n) is 14.0. The summed E-state index contributed by atoms with van der Waals surface area (Å²) in [5.74, 6) is 0.539. The highest BCUT2D eigenvalue weighted by Crippen LogP contribution is 2.36. The molecule has 3 aromatic carbocycles. The molecule has 0 bridgehead atoms. The number of methoxy groups -OCH3 is 1. The molecule has 126 valence electrons. The topological polar surface area (TPSA) is 35.5 Å². The van der Waals surface area contributed by atoms with Gasteiger partial charge < -0.3 is 9.26 Å². The molecule has 0 aliphatic rings. The van der Waals surface area contributed by atoms with Crippen LogP contribution in [-0.4, -0.2) is 13.1 Å². The molecule has 0 radical (unpaired) electrons. The molecule has 0 saturated carbocycles. The van der Waals surface area contributed by atoms with E-state index in [2.05, 4.69) is 24.3 Å². The van der Waals surface area contributed by atoms with Crippen LogP contribution in [0.4, 0.5) is 0 Å². The predicted molar refractivity (Wildman–Crippen MR) is 102 cm³/mol. The van der Waals surface area contributed by atoms with Crippen LogP contribution in [0.15, 0.2) is 84.9 Å². The molecule has 4 heteroatoms. The monoisotopic (exact) mass is 350 g/mol. The van der Waals surface area contributed by atoms with E-state index in [0.29, 0.717) is 0 Å². The maximum absolute atomic E-state index is 11.4. The second kappa shape index (κ2) is 8.46. The molecular formula is C21H19O3P. The number of rotatable bonds is 6. The predicted octanol–water partition coefficient (Wildman–Crippen LogP) is 3.83. The molecule has 0 aliphatic heterocycles. The average molecular weight is 350 g/mol. The summed E-state index contributed by atoms with van der Waals surface area (Å²) in [5, 5.41) is 2.31. The number of hydrogen-bond acceptors (Lipinski definition) is 3. The lowest BCUT2D eigenvalue weighted by Crippen LogP contribution is -2.15. The Morgan fingerprint density at radius 2 is 1.32 bits per heavy atom. The Labute approximate surface area is 149 Å². The van der Waals surface area contributed by atoms with Crippen LogP contribution < -0.4 is 15.1 Å². The van der Waals surface area contributed by atoms with Gasteiger partial charge in [-0.25, -0.2) is 0 Å². The number of carbonyl (C=O) groups excluding carboxylic acids is 1. The van der Waals surface area contributed by atoms with Gasteiger partial charge in [-0.1, -0.05) is 72.8 Å². The minimum atomic E-state index is -0.948. The maximum atomic E-state index is 11.4. The smallest absolute Gasteiger partial charge is 0.309 e. The van der Waals surface area contributed by atoms with Crippen LogP contribution >= 0.6 is 8.15 Å². The van der Waals surface area contributed by atoms with Gasteiger partial charge >= 0.3 is 5.97 Å². The third kappa shape index (κ3) is 4.68. The largest absolute Gasteiger partial charge is 0.469 e. The van der Waals surface area contributed by atoms with Gasteiger partial charge in [0.25, 0.3) is 0 Å². The standard InChI is InChI=1S/C21H19O3P/c1-23-21(22)16-17-12-14-18(15-13-17)24-25(19-8-4-2-5-9-19)20-10-6-3-7-11-20/h2-15H,16H2,1H3. The summed E-state index contributed by atoms with van der Waals surface area (Å²) in [6.45, 7) is 0. The lowest BCUT2D eigenvalue weighted by Gasteiger charge is -2.19. The van der Waals surface area contributed by atoms with E-state index in [0.717, 1.165) is 21.9 Å². The van der Waals surface area contributed by atoms with Crippen LogP contribution in [0, 0.1) is 0 Å². The average Bonchev–Trinajstić information content (AvgIpc) is 2.68. The van der Waals surface area contributed by atoms with Gasteiger partial charge in [-0.15, -0.1) is 0 Å². The van der Waals surface area contributed by atoms with E-state index in [1.54, 1.807) is 0 Å². The number of ether oxygens (including phenoxy) is 1. The van der Waals surface area contributed by atoms with Crippen LogP contribution in [0.25, 0.3) is 0 Å². The minimum absolute atomic E-state index is 0.246. The zero-order valence-corrected chi connectivity index (χ0v) is 14.9. The van der Waals surface area contributed by atoms with Crippen molar-refractivity contribution in [2.75, 3.05) is 7.11 Å². The molecule has 0 aromatic heterocycles. The Bertz CT molecular complexity index is 762. The summed E-state index contributed by atoms with van der Waals surface area (Å²) >= 11 is 0. The highest BCUT2D eigenvalue weighted by molar-refractivity contribution is 7.68. The third-order valence-corrected chi connectivity index (χ3v) is 5.61. The van der Waals surface area contributed by atoms with Gasteiger partial charge in [0.05, 0.1) is 13.5 Å². The van der Waals surface area contributed by atoms with Crippen molar-refractivity contribution < 1.29 is 14.1 Å². The van der Waals surface area contributed by atoms with E-state index < -0.39 is 8.15 Å². The van der Waals surface area contributed by atoms with E-state index in [1.807, 2.05) is 60.7 Å². The number of carbonyl (C=O) groups is 1. The second-order valence-corrected chi connectivity index (χ2v) is 7.26. The first-order chi connectivity index (χ1) is 12.3. The molecule has 3 aromatic rings. The lowest BCUT2D eigenvalue weighted by molar-refractivity contribution is -0.139. The normalized spacial score (nSPS) is 10.5. The Balaban J connectivity index is 1.82. The lowest BCUT2D eigenvalue weighted by atomic mass is 10.1. The van der Waals surface area contributed by atoms with Crippen LogP contribution in [0.5, 0.6) is 5.75 Å². The van der Waals surface area contributed by atoms with Crippen LogP contribution in [-0.2, 0) is 16.0 Å². The van der Waals surface area contributed by atoms with Gasteiger partial charge in [-0.3, -0.25) is 4.79 Å². The van der Waals surface area contributed by atoms with Gasteiger partial charge in [0.1, 0.15) is 5.75 Å². The zero-order chi connectivity index (χ0) is 17.5. The van der Waals surface area contributed by atoms with Crippen molar-refractivity contribution in [3.05, 3.63) is 90.5 Å². The Morgan fingerprint density at radius 3 is 1.80 bits per heavy atom. The summed E-state index contributed by atoms with van der Waals surface area (Å²) in [4.78, 5) is 11.4. The van der Waals surface area contributed by atoms with Crippen molar-refractivity contribution in [1.82, 2.24) is 0 Å². The number of hydrogen-bond donors (Lipinski definition) is 0. The van der Waals surface area contributed by atoms with Crippen molar-refractivity contribution >= 4 is 24.7 Å². The van der Waals surface area contributed by atoms with Crippen molar-refractivity contribution in [2.45, 2.75) is 6.42 Å². The Kier molecular flexibility index (Phi) is 5.81. The molecule has 25 heavy (non-hydrogen) atoms. The van der Waals surface area contributed by atoms with Gasteiger partial charge in [0, 0.05) is 10.6 Å². The van der Waals surface area contributed by atoms with Crippen molar-refractivity contribution in [3.8, 4) is 5.75 Å². The molecule has 3 rings (SSSR count). The van der Waals surface area contributed by atoms with E-state index in [4.69, 9.17) is 9.26 Å². The molecule has 0 saturated heterocycles. The molecule has 0 aliphatic carbocycles. The minimum Gasteiger partial charge on any atom is -0.469 e. The summed E-state index contributed by atoms with van der Waals surface area (Å²) < 4.78 is 11.0. The van der Waals surface area contributed by atoms with Gasteiger partial charge in [-0.2, -0.15) is 0 Å². The highest BCUT2D eigenvalue weighted by Gasteiger charge is 2.16. The van der Waals surface area contributed by atoms with E-state index in [1.165, 1.54) is 7.11 Å². The molecule has 0 amide bonds. The fourth-order valence-electron chi connectivity index (χ4n) is 2.39. The quantitative estimate of drug-likeness (QED) is 0.501. The Hall–Kier alpha value is -2.64. The fraction of sp³-hybridized carbons (Fsp3) is 0.0952. The Morgan fingerprint density at radius 1 is 0.800 bits per heavy atom. The summed E-state index contributed by atoms with van der Waals surface area (Å²) in [5.41, 5.74) is 0.906. The molecular weight excluding hydrogens is 331 g/mol. The van der Waals surface area contributed by atoms with Crippen LogP contribution in [0.1, 0.15) is 5.56 Å². The summed E-state index contributed by atoms with van der Waals surface area (Å²) in [6, 6.07) is 28.1. The first-order valence-electron chi connectivity index (χ1n) is 8.00. The van der Waals surface area contributed by atoms with Gasteiger partial charge in [0.2, 0.25) is 0 Å². The number of benzene rings is 3. The maximum Gasteiger partial charge on any atom is 0.309 e. The highest BCUT2D eigenvalue weighted by atomic mass is 31.1. The van der Waals surface area contributed by atoms with E-state index in [9.17, 15) is 4.79 Å². The van der Waals surface area contributed by atoms with Crippen LogP contribution in [0.3, 0.4) is 0 Å². The molecule has 0 spiro atoms. The molecule has 0 fully saturated rings. The molecule has 0 unspecified atom stereocenters. The first-order valence-corrected chi connectivity index (χ1v) is 9.26. The third-order valence-electron chi connectivity index (χ3n) is 3.68. The van der Waals surface area contributed by atoms with Crippen molar-refractivity contribution in [2.24, 2.45) is 0 Å². The van der Waals surface area contributed by atoms with E-state index >= 15 is 0 Å². The summed E-state index contributed by atoms with van der Waals surface area (Å²) in [6.07, 6.45) is 0.267. The fourth-order valence-corrected chi connectivity index (χ4v) is 4.12. The van der Waals surface area contributed by atoms with Crippen molar-refractivity contribution in [3.63, 3.8) is 0 Å².